The fraction of sp³-hybridized carbons (Fsp3) is 0.333. The van der Waals surface area contributed by atoms with Gasteiger partial charge in [0.15, 0.2) is 5.82 Å². The van der Waals surface area contributed by atoms with Crippen LogP contribution in [-0.4, -0.2) is 34.6 Å². The van der Waals surface area contributed by atoms with Crippen LogP contribution < -0.4 is 0 Å². The van der Waals surface area contributed by atoms with Crippen LogP contribution in [0, 0.1) is 0 Å². The first-order valence-corrected chi connectivity index (χ1v) is 5.70. The minimum absolute atomic E-state index is 0.106. The molecular weight excluding hydrogens is 277 g/mol. The number of hydrogen-bond acceptors (Lipinski definition) is 5. The first kappa shape index (κ1) is 14.3. The summed E-state index contributed by atoms with van der Waals surface area (Å²) in [5, 5.41) is 12.8. The van der Waals surface area contributed by atoms with Gasteiger partial charge in [0.25, 0.3) is 5.89 Å². The van der Waals surface area contributed by atoms with Gasteiger partial charge in [-0.05, 0) is 24.3 Å². The lowest BCUT2D eigenvalue weighted by molar-refractivity contribution is -0.173. The van der Waals surface area contributed by atoms with Gasteiger partial charge < -0.3 is 14.4 Å². The number of halogens is 3. The van der Waals surface area contributed by atoms with Crippen LogP contribution in [0.4, 0.5) is 13.2 Å². The molecule has 0 atom stereocenters. The maximum absolute atomic E-state index is 11.8. The van der Waals surface area contributed by atoms with Gasteiger partial charge in [0.05, 0.1) is 6.61 Å². The number of benzene rings is 1. The van der Waals surface area contributed by atoms with E-state index in [2.05, 4.69) is 14.9 Å². The average molecular weight is 288 g/mol. The summed E-state index contributed by atoms with van der Waals surface area (Å²) in [5.41, 5.74) is 0.609. The van der Waals surface area contributed by atoms with Gasteiger partial charge in [0, 0.05) is 12.0 Å². The molecule has 1 heterocycles. The molecule has 108 valence electrons. The Labute approximate surface area is 112 Å². The zero-order valence-corrected chi connectivity index (χ0v) is 10.2. The molecule has 0 bridgehead atoms. The van der Waals surface area contributed by atoms with Crippen molar-refractivity contribution < 1.29 is 27.5 Å². The molecule has 1 aromatic carbocycles. The molecule has 1 N–H and O–H groups in total. The highest BCUT2D eigenvalue weighted by atomic mass is 19.4. The molecule has 2 aromatic rings. The lowest BCUT2D eigenvalue weighted by Gasteiger charge is -2.05. The van der Waals surface area contributed by atoms with Crippen molar-refractivity contribution in [2.45, 2.75) is 12.6 Å². The van der Waals surface area contributed by atoms with E-state index in [1.807, 2.05) is 0 Å². The van der Waals surface area contributed by atoms with Gasteiger partial charge in [-0.2, -0.15) is 18.2 Å². The Morgan fingerprint density at radius 1 is 1.20 bits per heavy atom. The highest BCUT2D eigenvalue weighted by Gasteiger charge is 2.27. The van der Waals surface area contributed by atoms with Crippen molar-refractivity contribution >= 4 is 0 Å². The van der Waals surface area contributed by atoms with E-state index >= 15 is 0 Å². The minimum Gasteiger partial charge on any atom is -0.508 e. The molecule has 0 aliphatic heterocycles. The van der Waals surface area contributed by atoms with Crippen LogP contribution in [0.5, 0.6) is 5.75 Å². The van der Waals surface area contributed by atoms with E-state index in [1.54, 1.807) is 12.1 Å². The van der Waals surface area contributed by atoms with E-state index in [4.69, 9.17) is 9.63 Å². The monoisotopic (exact) mass is 288 g/mol. The standard InChI is InChI=1S/C12H11F3N2O3/c13-12(14,15)7-19-6-5-10-16-11(20-17-10)8-1-3-9(18)4-2-8/h1-4,18H,5-7H2. The maximum atomic E-state index is 11.8. The third-order valence-corrected chi connectivity index (χ3v) is 2.32. The molecule has 8 heteroatoms. The summed E-state index contributed by atoms with van der Waals surface area (Å²) >= 11 is 0. The molecule has 5 nitrogen and oxygen atoms in total. The molecule has 0 unspecified atom stereocenters. The normalized spacial score (nSPS) is 11.8. The van der Waals surface area contributed by atoms with E-state index in [1.165, 1.54) is 12.1 Å². The molecule has 0 spiro atoms. The SMILES string of the molecule is Oc1ccc(-c2nc(CCOCC(F)(F)F)no2)cc1. The largest absolute Gasteiger partial charge is 0.508 e. The number of hydrogen-bond donors (Lipinski definition) is 1. The van der Waals surface area contributed by atoms with Crippen LogP contribution in [0.1, 0.15) is 5.82 Å². The van der Waals surface area contributed by atoms with Crippen molar-refractivity contribution in [3.05, 3.63) is 30.1 Å². The second kappa shape index (κ2) is 5.91. The number of alkyl halides is 3. The number of rotatable bonds is 5. The zero-order valence-electron chi connectivity index (χ0n) is 10.2. The molecule has 0 radical (unpaired) electrons. The summed E-state index contributed by atoms with van der Waals surface area (Å²) in [5.74, 6) is 0.597. The zero-order chi connectivity index (χ0) is 14.6. The summed E-state index contributed by atoms with van der Waals surface area (Å²) in [6.07, 6.45) is -4.22. The van der Waals surface area contributed by atoms with Crippen molar-refractivity contribution in [1.82, 2.24) is 10.1 Å². The summed E-state index contributed by atoms with van der Waals surface area (Å²) < 4.78 is 45.0. The van der Waals surface area contributed by atoms with Crippen LogP contribution in [-0.2, 0) is 11.2 Å². The number of ether oxygens (including phenoxy) is 1. The molecule has 0 aliphatic carbocycles. The van der Waals surface area contributed by atoms with Gasteiger partial charge >= 0.3 is 6.18 Å². The minimum atomic E-state index is -4.34. The van der Waals surface area contributed by atoms with E-state index in [0.29, 0.717) is 5.56 Å². The number of phenolic OH excluding ortho intramolecular Hbond substituents is 1. The second-order valence-electron chi connectivity index (χ2n) is 3.98. The van der Waals surface area contributed by atoms with E-state index < -0.39 is 12.8 Å². The molecule has 1 aromatic heterocycles. The Bertz CT molecular complexity index is 552. The quantitative estimate of drug-likeness (QED) is 0.856. The molecule has 0 saturated heterocycles. The molecule has 0 amide bonds. The molecule has 0 fully saturated rings. The summed E-state index contributed by atoms with van der Waals surface area (Å²) in [6.45, 7) is -1.44. The average Bonchev–Trinajstić information content (AvgIpc) is 2.83. The number of phenols is 1. The Balaban J connectivity index is 1.88. The summed E-state index contributed by atoms with van der Waals surface area (Å²) in [4.78, 5) is 4.02. The Kier molecular flexibility index (Phi) is 4.23. The van der Waals surface area contributed by atoms with Gasteiger partial charge in [-0.3, -0.25) is 0 Å². The summed E-state index contributed by atoms with van der Waals surface area (Å²) in [7, 11) is 0. The third kappa shape index (κ3) is 4.23. The first-order valence-electron chi connectivity index (χ1n) is 5.70. The number of nitrogens with zero attached hydrogens (tertiary/aromatic N) is 2. The van der Waals surface area contributed by atoms with E-state index in [0.717, 1.165) is 0 Å². The summed E-state index contributed by atoms with van der Waals surface area (Å²) in [6, 6.07) is 6.11. The molecule has 0 saturated carbocycles. The van der Waals surface area contributed by atoms with Gasteiger partial charge in [0.2, 0.25) is 0 Å². The van der Waals surface area contributed by atoms with Crippen molar-refractivity contribution in [3.8, 4) is 17.2 Å². The van der Waals surface area contributed by atoms with Crippen molar-refractivity contribution in [3.63, 3.8) is 0 Å². The fourth-order valence-electron chi connectivity index (χ4n) is 1.43. The van der Waals surface area contributed by atoms with Gasteiger partial charge in [-0.15, -0.1) is 0 Å². The van der Waals surface area contributed by atoms with Crippen LogP contribution >= 0.6 is 0 Å². The van der Waals surface area contributed by atoms with Gasteiger partial charge in [0.1, 0.15) is 12.4 Å². The van der Waals surface area contributed by atoms with Crippen LogP contribution in [0.3, 0.4) is 0 Å². The van der Waals surface area contributed by atoms with Gasteiger partial charge in [-0.25, -0.2) is 0 Å². The highest BCUT2D eigenvalue weighted by molar-refractivity contribution is 5.53. The Morgan fingerprint density at radius 2 is 1.90 bits per heavy atom. The maximum Gasteiger partial charge on any atom is 0.411 e. The predicted octanol–water partition coefficient (Wildman–Crippen LogP) is 2.56. The Morgan fingerprint density at radius 3 is 2.55 bits per heavy atom. The number of aromatic hydroxyl groups is 1. The third-order valence-electron chi connectivity index (χ3n) is 2.32. The van der Waals surface area contributed by atoms with Crippen LogP contribution in [0.25, 0.3) is 11.5 Å². The lowest BCUT2D eigenvalue weighted by Crippen LogP contribution is -2.18. The van der Waals surface area contributed by atoms with Crippen LogP contribution in [0.15, 0.2) is 28.8 Å². The molecule has 0 aliphatic rings. The van der Waals surface area contributed by atoms with Crippen molar-refractivity contribution in [1.29, 1.82) is 0 Å². The fourth-order valence-corrected chi connectivity index (χ4v) is 1.43. The highest BCUT2D eigenvalue weighted by Crippen LogP contribution is 2.20. The smallest absolute Gasteiger partial charge is 0.411 e. The second-order valence-corrected chi connectivity index (χ2v) is 3.98. The van der Waals surface area contributed by atoms with Crippen molar-refractivity contribution in [2.24, 2.45) is 0 Å². The number of aromatic nitrogens is 2. The predicted molar refractivity (Wildman–Crippen MR) is 62.0 cm³/mol. The van der Waals surface area contributed by atoms with Crippen molar-refractivity contribution in [2.75, 3.05) is 13.2 Å². The molecular formula is C12H11F3N2O3. The molecule has 20 heavy (non-hydrogen) atoms. The van der Waals surface area contributed by atoms with Gasteiger partial charge in [-0.1, -0.05) is 5.16 Å². The Hall–Kier alpha value is -2.09. The van der Waals surface area contributed by atoms with Crippen LogP contribution in [0.2, 0.25) is 0 Å². The first-order chi connectivity index (χ1) is 9.44. The molecule has 2 rings (SSSR count). The lowest BCUT2D eigenvalue weighted by atomic mass is 10.2. The van der Waals surface area contributed by atoms with E-state index in [9.17, 15) is 13.2 Å². The topological polar surface area (TPSA) is 68.4 Å². The van der Waals surface area contributed by atoms with E-state index in [-0.39, 0.29) is 30.5 Å².